The number of nitrogens with zero attached hydrogens (tertiary/aromatic N) is 1. The highest BCUT2D eigenvalue weighted by molar-refractivity contribution is 7.13. The standard InChI is InChI=1S/C13H20N2O4S/c1-4-13(2,19-3)11(18)15-12-14-9(8-20-12)6-5-7-10(16)17/h8H,4-7H2,1-3H3,(H,16,17)(H,14,15,18). The second kappa shape index (κ2) is 7.35. The maximum Gasteiger partial charge on any atom is 0.303 e. The molecule has 0 aliphatic carbocycles. The fraction of sp³-hybridized carbons (Fsp3) is 0.615. The number of methoxy groups -OCH3 is 1. The van der Waals surface area contributed by atoms with Crippen LogP contribution in [-0.2, 0) is 20.7 Å². The van der Waals surface area contributed by atoms with Crippen LogP contribution in [0, 0.1) is 0 Å². The Bertz CT molecular complexity index is 469. The Labute approximate surface area is 122 Å². The number of rotatable bonds is 8. The van der Waals surface area contributed by atoms with Crippen molar-refractivity contribution >= 4 is 28.3 Å². The molecule has 0 aromatic carbocycles. The van der Waals surface area contributed by atoms with E-state index >= 15 is 0 Å². The molecule has 6 nitrogen and oxygen atoms in total. The number of hydrogen-bond donors (Lipinski definition) is 2. The number of thiazole rings is 1. The Balaban J connectivity index is 2.55. The van der Waals surface area contributed by atoms with Crippen molar-refractivity contribution in [2.75, 3.05) is 12.4 Å². The molecule has 1 atom stereocenters. The van der Waals surface area contributed by atoms with Crippen LogP contribution in [0.1, 0.15) is 38.8 Å². The Hall–Kier alpha value is -1.47. The number of aromatic nitrogens is 1. The molecule has 1 heterocycles. The highest BCUT2D eigenvalue weighted by Gasteiger charge is 2.31. The van der Waals surface area contributed by atoms with E-state index in [1.807, 2.05) is 12.3 Å². The zero-order valence-electron chi connectivity index (χ0n) is 11.9. The molecule has 0 aliphatic rings. The van der Waals surface area contributed by atoms with Gasteiger partial charge in [0.05, 0.1) is 5.69 Å². The van der Waals surface area contributed by atoms with Gasteiger partial charge in [-0.3, -0.25) is 14.9 Å². The number of ether oxygens (including phenoxy) is 1. The highest BCUT2D eigenvalue weighted by Crippen LogP contribution is 2.21. The van der Waals surface area contributed by atoms with E-state index < -0.39 is 11.6 Å². The monoisotopic (exact) mass is 300 g/mol. The van der Waals surface area contributed by atoms with Crippen molar-refractivity contribution in [3.05, 3.63) is 11.1 Å². The number of carboxylic acids is 1. The zero-order chi connectivity index (χ0) is 15.2. The Morgan fingerprint density at radius 2 is 2.25 bits per heavy atom. The Morgan fingerprint density at radius 3 is 2.80 bits per heavy atom. The summed E-state index contributed by atoms with van der Waals surface area (Å²) in [5.41, 5.74) is -0.0723. The van der Waals surface area contributed by atoms with Crippen molar-refractivity contribution in [2.45, 2.75) is 45.1 Å². The molecule has 0 aliphatic heterocycles. The molecule has 0 spiro atoms. The second-order valence-corrected chi connectivity index (χ2v) is 5.49. The summed E-state index contributed by atoms with van der Waals surface area (Å²) in [4.78, 5) is 26.8. The lowest BCUT2D eigenvalue weighted by atomic mass is 10.0. The van der Waals surface area contributed by atoms with Gasteiger partial charge < -0.3 is 9.84 Å². The number of hydrogen-bond acceptors (Lipinski definition) is 5. The van der Waals surface area contributed by atoms with E-state index in [4.69, 9.17) is 9.84 Å². The van der Waals surface area contributed by atoms with Crippen LogP contribution in [0.15, 0.2) is 5.38 Å². The zero-order valence-corrected chi connectivity index (χ0v) is 12.7. The van der Waals surface area contributed by atoms with Crippen LogP contribution in [0.5, 0.6) is 0 Å². The molecular formula is C13H20N2O4S. The minimum absolute atomic E-state index is 0.122. The third kappa shape index (κ3) is 4.57. The predicted molar refractivity (Wildman–Crippen MR) is 77.0 cm³/mol. The molecule has 0 fully saturated rings. The van der Waals surface area contributed by atoms with Gasteiger partial charge in [-0.1, -0.05) is 6.92 Å². The van der Waals surface area contributed by atoms with E-state index in [1.54, 1.807) is 6.92 Å². The minimum Gasteiger partial charge on any atom is -0.481 e. The number of nitrogens with one attached hydrogen (secondary N) is 1. The summed E-state index contributed by atoms with van der Waals surface area (Å²) in [7, 11) is 1.50. The predicted octanol–water partition coefficient (Wildman–Crippen LogP) is 2.30. The largest absolute Gasteiger partial charge is 0.481 e. The van der Waals surface area contributed by atoms with Crippen LogP contribution in [0.25, 0.3) is 0 Å². The average Bonchev–Trinajstić information content (AvgIpc) is 2.84. The molecule has 0 radical (unpaired) electrons. The maximum atomic E-state index is 12.1. The molecule has 1 aromatic rings. The summed E-state index contributed by atoms with van der Waals surface area (Å²) in [6.45, 7) is 3.60. The van der Waals surface area contributed by atoms with Gasteiger partial charge in [-0.2, -0.15) is 0 Å². The molecule has 1 unspecified atom stereocenters. The molecule has 1 rings (SSSR count). The number of carbonyl (C=O) groups excluding carboxylic acids is 1. The van der Waals surface area contributed by atoms with E-state index in [2.05, 4.69) is 10.3 Å². The first-order valence-corrected chi connectivity index (χ1v) is 7.32. The van der Waals surface area contributed by atoms with Gasteiger partial charge in [-0.25, -0.2) is 4.98 Å². The lowest BCUT2D eigenvalue weighted by Crippen LogP contribution is -2.41. The molecule has 0 bridgehead atoms. The molecule has 112 valence electrons. The van der Waals surface area contributed by atoms with E-state index in [1.165, 1.54) is 18.4 Å². The lowest BCUT2D eigenvalue weighted by Gasteiger charge is -2.24. The van der Waals surface area contributed by atoms with Gasteiger partial charge in [0.25, 0.3) is 5.91 Å². The quantitative estimate of drug-likeness (QED) is 0.769. The van der Waals surface area contributed by atoms with E-state index in [0.29, 0.717) is 24.4 Å². The molecule has 0 saturated heterocycles. The molecular weight excluding hydrogens is 280 g/mol. The SMILES string of the molecule is CCC(C)(OC)C(=O)Nc1nc(CCCC(=O)O)cs1. The highest BCUT2D eigenvalue weighted by atomic mass is 32.1. The first-order valence-electron chi connectivity index (χ1n) is 6.44. The summed E-state index contributed by atoms with van der Waals surface area (Å²) in [5, 5.41) is 13.6. The van der Waals surface area contributed by atoms with Crippen LogP contribution in [0.3, 0.4) is 0 Å². The van der Waals surface area contributed by atoms with E-state index in [9.17, 15) is 9.59 Å². The van der Waals surface area contributed by atoms with Gasteiger partial charge in [0.1, 0.15) is 5.60 Å². The third-order valence-electron chi connectivity index (χ3n) is 3.20. The first-order chi connectivity index (χ1) is 9.41. The fourth-order valence-electron chi connectivity index (χ4n) is 1.53. The summed E-state index contributed by atoms with van der Waals surface area (Å²) in [5.74, 6) is -1.04. The van der Waals surface area contributed by atoms with Crippen molar-refractivity contribution in [1.29, 1.82) is 0 Å². The van der Waals surface area contributed by atoms with Gasteiger partial charge in [-0.05, 0) is 26.2 Å². The number of amides is 1. The number of carboxylic acid groups (broad SMARTS) is 1. The minimum atomic E-state index is -0.866. The summed E-state index contributed by atoms with van der Waals surface area (Å²) in [6.07, 6.45) is 1.81. The third-order valence-corrected chi connectivity index (χ3v) is 4.01. The number of anilines is 1. The van der Waals surface area contributed by atoms with Crippen molar-refractivity contribution in [3.8, 4) is 0 Å². The van der Waals surface area contributed by atoms with Crippen molar-refractivity contribution < 1.29 is 19.4 Å². The number of aliphatic carboxylic acids is 1. The van der Waals surface area contributed by atoms with Gasteiger partial charge in [0.2, 0.25) is 0 Å². The molecule has 1 amide bonds. The van der Waals surface area contributed by atoms with E-state index in [0.717, 1.165) is 5.69 Å². The smallest absolute Gasteiger partial charge is 0.303 e. The maximum absolute atomic E-state index is 12.1. The summed E-state index contributed by atoms with van der Waals surface area (Å²) >= 11 is 1.33. The topological polar surface area (TPSA) is 88.5 Å². The van der Waals surface area contributed by atoms with Gasteiger partial charge >= 0.3 is 5.97 Å². The van der Waals surface area contributed by atoms with Crippen LogP contribution < -0.4 is 5.32 Å². The van der Waals surface area contributed by atoms with E-state index in [-0.39, 0.29) is 12.3 Å². The van der Waals surface area contributed by atoms with Gasteiger partial charge in [0, 0.05) is 18.9 Å². The number of carbonyl (C=O) groups is 2. The van der Waals surface area contributed by atoms with Crippen LogP contribution in [0.2, 0.25) is 0 Å². The molecule has 0 saturated carbocycles. The van der Waals surface area contributed by atoms with Crippen molar-refractivity contribution in [1.82, 2.24) is 4.98 Å². The lowest BCUT2D eigenvalue weighted by molar-refractivity contribution is -0.137. The number of aryl methyl sites for hydroxylation is 1. The Morgan fingerprint density at radius 1 is 1.55 bits per heavy atom. The Kier molecular flexibility index (Phi) is 6.09. The molecule has 2 N–H and O–H groups in total. The molecule has 1 aromatic heterocycles. The average molecular weight is 300 g/mol. The summed E-state index contributed by atoms with van der Waals surface area (Å²) < 4.78 is 5.22. The van der Waals surface area contributed by atoms with Crippen molar-refractivity contribution in [3.63, 3.8) is 0 Å². The van der Waals surface area contributed by atoms with Gasteiger partial charge in [0.15, 0.2) is 5.13 Å². The van der Waals surface area contributed by atoms with Crippen LogP contribution >= 0.6 is 11.3 Å². The van der Waals surface area contributed by atoms with Crippen LogP contribution in [-0.4, -0.2) is 34.7 Å². The van der Waals surface area contributed by atoms with Crippen LogP contribution in [0.4, 0.5) is 5.13 Å². The van der Waals surface area contributed by atoms with Crippen molar-refractivity contribution in [2.24, 2.45) is 0 Å². The molecule has 7 heteroatoms. The summed E-state index contributed by atoms with van der Waals surface area (Å²) in [6, 6.07) is 0. The molecule has 20 heavy (non-hydrogen) atoms. The second-order valence-electron chi connectivity index (χ2n) is 4.63. The first kappa shape index (κ1) is 16.6. The fourth-order valence-corrected chi connectivity index (χ4v) is 2.27. The normalized spacial score (nSPS) is 13.8. The van der Waals surface area contributed by atoms with Gasteiger partial charge in [-0.15, -0.1) is 11.3 Å².